The minimum absolute atomic E-state index is 0.192. The second-order valence-corrected chi connectivity index (χ2v) is 5.51. The summed E-state index contributed by atoms with van der Waals surface area (Å²) in [5.41, 5.74) is 1.40. The van der Waals surface area contributed by atoms with Crippen LogP contribution in [0.3, 0.4) is 0 Å². The van der Waals surface area contributed by atoms with Crippen LogP contribution in [0.4, 0.5) is 0 Å². The third-order valence-electron chi connectivity index (χ3n) is 3.95. The van der Waals surface area contributed by atoms with Crippen molar-refractivity contribution in [2.45, 2.75) is 44.9 Å². The molecule has 1 aromatic rings. The number of aliphatic hydroxyl groups excluding tert-OH is 1. The first-order chi connectivity index (χ1) is 9.28. The number of likely N-dealkylation sites (tertiary alicyclic amines) is 1. The van der Waals surface area contributed by atoms with E-state index in [0.717, 1.165) is 32.6 Å². The van der Waals surface area contributed by atoms with Crippen LogP contribution in [0.2, 0.25) is 0 Å². The topological polar surface area (TPSA) is 35.5 Å². The maximum Gasteiger partial charge on any atom is 0.0662 e. The Morgan fingerprint density at radius 3 is 2.58 bits per heavy atom. The van der Waals surface area contributed by atoms with Crippen LogP contribution in [0, 0.1) is 0 Å². The van der Waals surface area contributed by atoms with E-state index in [9.17, 15) is 5.11 Å². The third-order valence-corrected chi connectivity index (χ3v) is 3.95. The van der Waals surface area contributed by atoms with Crippen LogP contribution in [0.1, 0.15) is 31.7 Å². The van der Waals surface area contributed by atoms with E-state index >= 15 is 0 Å². The number of rotatable bonds is 6. The molecule has 2 rings (SSSR count). The Bertz CT molecular complexity index is 347. The van der Waals surface area contributed by atoms with Gasteiger partial charge in [-0.25, -0.2) is 0 Å². The minimum atomic E-state index is -0.192. The molecular weight excluding hydrogens is 236 g/mol. The van der Waals surface area contributed by atoms with E-state index in [1.165, 1.54) is 18.4 Å². The van der Waals surface area contributed by atoms with Gasteiger partial charge in [0.2, 0.25) is 0 Å². The molecule has 1 aliphatic rings. The zero-order valence-electron chi connectivity index (χ0n) is 11.9. The molecule has 1 atom stereocenters. The Labute approximate surface area is 116 Å². The fourth-order valence-electron chi connectivity index (χ4n) is 2.58. The maximum atomic E-state index is 9.56. The summed E-state index contributed by atoms with van der Waals surface area (Å²) in [4.78, 5) is 2.52. The Hall–Kier alpha value is -0.900. The lowest BCUT2D eigenvalue weighted by molar-refractivity contribution is 0.145. The molecule has 1 fully saturated rings. The molecule has 3 heteroatoms. The number of piperidine rings is 1. The van der Waals surface area contributed by atoms with Crippen molar-refractivity contribution in [3.63, 3.8) is 0 Å². The molecule has 1 saturated heterocycles. The molecule has 2 N–H and O–H groups in total. The van der Waals surface area contributed by atoms with Gasteiger partial charge in [-0.1, -0.05) is 37.3 Å². The van der Waals surface area contributed by atoms with Crippen LogP contribution < -0.4 is 5.32 Å². The number of benzene rings is 1. The first-order valence-corrected chi connectivity index (χ1v) is 7.45. The van der Waals surface area contributed by atoms with E-state index in [1.807, 2.05) is 6.92 Å². The van der Waals surface area contributed by atoms with Gasteiger partial charge < -0.3 is 10.4 Å². The van der Waals surface area contributed by atoms with E-state index < -0.39 is 0 Å². The van der Waals surface area contributed by atoms with Crippen molar-refractivity contribution in [1.82, 2.24) is 10.2 Å². The molecular formula is C16H26N2O. The lowest BCUT2D eigenvalue weighted by Gasteiger charge is -2.32. The Morgan fingerprint density at radius 2 is 1.95 bits per heavy atom. The maximum absolute atomic E-state index is 9.56. The van der Waals surface area contributed by atoms with Gasteiger partial charge in [0.1, 0.15) is 0 Å². The van der Waals surface area contributed by atoms with Crippen molar-refractivity contribution in [3.05, 3.63) is 35.9 Å². The second kappa shape index (κ2) is 7.63. The summed E-state index contributed by atoms with van der Waals surface area (Å²) < 4.78 is 0. The minimum Gasteiger partial charge on any atom is -0.392 e. The van der Waals surface area contributed by atoms with Crippen LogP contribution in [0.15, 0.2) is 30.3 Å². The van der Waals surface area contributed by atoms with Crippen molar-refractivity contribution >= 4 is 0 Å². The molecule has 3 nitrogen and oxygen atoms in total. The van der Waals surface area contributed by atoms with Gasteiger partial charge in [-0.2, -0.15) is 0 Å². The molecule has 0 aliphatic carbocycles. The van der Waals surface area contributed by atoms with Crippen LogP contribution in [0.25, 0.3) is 0 Å². The molecule has 106 valence electrons. The SMILES string of the molecule is CCC(O)CNC1CCN(Cc2ccccc2)CC1. The summed E-state index contributed by atoms with van der Waals surface area (Å²) in [5.74, 6) is 0. The highest BCUT2D eigenvalue weighted by atomic mass is 16.3. The van der Waals surface area contributed by atoms with Gasteiger partial charge in [0.15, 0.2) is 0 Å². The number of nitrogens with zero attached hydrogens (tertiary/aromatic N) is 1. The van der Waals surface area contributed by atoms with Crippen LogP contribution in [-0.2, 0) is 6.54 Å². The van der Waals surface area contributed by atoms with Crippen molar-refractivity contribution in [2.24, 2.45) is 0 Å². The first-order valence-electron chi connectivity index (χ1n) is 7.45. The highest BCUT2D eigenvalue weighted by molar-refractivity contribution is 5.14. The molecule has 1 unspecified atom stereocenters. The van der Waals surface area contributed by atoms with Crippen molar-refractivity contribution < 1.29 is 5.11 Å². The van der Waals surface area contributed by atoms with E-state index in [-0.39, 0.29) is 6.10 Å². The van der Waals surface area contributed by atoms with Gasteiger partial charge in [-0.3, -0.25) is 4.90 Å². The third kappa shape index (κ3) is 4.94. The molecule has 1 aliphatic heterocycles. The molecule has 0 radical (unpaired) electrons. The van der Waals surface area contributed by atoms with Crippen LogP contribution in [-0.4, -0.2) is 41.8 Å². The van der Waals surface area contributed by atoms with E-state index in [4.69, 9.17) is 0 Å². The molecule has 0 amide bonds. The summed E-state index contributed by atoms with van der Waals surface area (Å²) in [6.45, 7) is 6.11. The van der Waals surface area contributed by atoms with Gasteiger partial charge >= 0.3 is 0 Å². The lowest BCUT2D eigenvalue weighted by Crippen LogP contribution is -2.44. The van der Waals surface area contributed by atoms with Crippen LogP contribution >= 0.6 is 0 Å². The molecule has 19 heavy (non-hydrogen) atoms. The molecule has 1 aromatic carbocycles. The second-order valence-electron chi connectivity index (χ2n) is 5.51. The van der Waals surface area contributed by atoms with E-state index in [1.54, 1.807) is 0 Å². The summed E-state index contributed by atoms with van der Waals surface area (Å²) in [6.07, 6.45) is 3.01. The summed E-state index contributed by atoms with van der Waals surface area (Å²) in [7, 11) is 0. The molecule has 0 aromatic heterocycles. The number of aliphatic hydroxyl groups is 1. The lowest BCUT2D eigenvalue weighted by atomic mass is 10.0. The Kier molecular flexibility index (Phi) is 5.83. The first kappa shape index (κ1) is 14.5. The summed E-state index contributed by atoms with van der Waals surface area (Å²) in [6, 6.07) is 11.3. The van der Waals surface area contributed by atoms with Crippen molar-refractivity contribution in [2.75, 3.05) is 19.6 Å². The fourth-order valence-corrected chi connectivity index (χ4v) is 2.58. The summed E-state index contributed by atoms with van der Waals surface area (Å²) in [5, 5.41) is 13.0. The average Bonchev–Trinajstić information content (AvgIpc) is 2.47. The number of hydrogen-bond donors (Lipinski definition) is 2. The van der Waals surface area contributed by atoms with Crippen LogP contribution in [0.5, 0.6) is 0 Å². The van der Waals surface area contributed by atoms with Crippen molar-refractivity contribution in [1.29, 1.82) is 0 Å². The number of hydrogen-bond acceptors (Lipinski definition) is 3. The Morgan fingerprint density at radius 1 is 1.26 bits per heavy atom. The summed E-state index contributed by atoms with van der Waals surface area (Å²) >= 11 is 0. The highest BCUT2D eigenvalue weighted by Gasteiger charge is 2.19. The Balaban J connectivity index is 1.68. The molecule has 0 spiro atoms. The molecule has 0 saturated carbocycles. The standard InChI is InChI=1S/C16H26N2O/c1-2-16(19)12-17-15-8-10-18(11-9-15)13-14-6-4-3-5-7-14/h3-7,15-17,19H,2,8-13H2,1H3. The van der Waals surface area contributed by atoms with Gasteiger partial charge in [-0.05, 0) is 37.9 Å². The fraction of sp³-hybridized carbons (Fsp3) is 0.625. The predicted molar refractivity (Wildman–Crippen MR) is 79.0 cm³/mol. The zero-order valence-corrected chi connectivity index (χ0v) is 11.9. The monoisotopic (exact) mass is 262 g/mol. The highest BCUT2D eigenvalue weighted by Crippen LogP contribution is 2.13. The van der Waals surface area contributed by atoms with Crippen molar-refractivity contribution in [3.8, 4) is 0 Å². The van der Waals surface area contributed by atoms with Gasteiger partial charge in [-0.15, -0.1) is 0 Å². The van der Waals surface area contributed by atoms with Gasteiger partial charge in [0.05, 0.1) is 6.10 Å². The predicted octanol–water partition coefficient (Wildman–Crippen LogP) is 2.01. The quantitative estimate of drug-likeness (QED) is 0.823. The zero-order chi connectivity index (χ0) is 13.5. The van der Waals surface area contributed by atoms with E-state index in [2.05, 4.69) is 40.5 Å². The van der Waals surface area contributed by atoms with Gasteiger partial charge in [0.25, 0.3) is 0 Å². The normalized spacial score (nSPS) is 19.5. The average molecular weight is 262 g/mol. The smallest absolute Gasteiger partial charge is 0.0662 e. The molecule has 1 heterocycles. The largest absolute Gasteiger partial charge is 0.392 e. The molecule has 0 bridgehead atoms. The number of nitrogens with one attached hydrogen (secondary N) is 1. The van der Waals surface area contributed by atoms with E-state index in [0.29, 0.717) is 6.04 Å². The van der Waals surface area contributed by atoms with Gasteiger partial charge in [0, 0.05) is 19.1 Å².